The second-order valence-electron chi connectivity index (χ2n) is 3.47. The summed E-state index contributed by atoms with van der Waals surface area (Å²) >= 11 is 1.54. The zero-order chi connectivity index (χ0) is 11.4. The monoisotopic (exact) mass is 230 g/mol. The van der Waals surface area contributed by atoms with Crippen molar-refractivity contribution in [2.24, 2.45) is 0 Å². The van der Waals surface area contributed by atoms with Gasteiger partial charge in [-0.1, -0.05) is 48.3 Å². The van der Waals surface area contributed by atoms with Gasteiger partial charge in [-0.05, 0) is 23.3 Å². The van der Waals surface area contributed by atoms with Gasteiger partial charge >= 0.3 is 0 Å². The first-order chi connectivity index (χ1) is 7.81. The summed E-state index contributed by atoms with van der Waals surface area (Å²) in [5.74, 6) is 0. The van der Waals surface area contributed by atoms with E-state index in [0.29, 0.717) is 0 Å². The zero-order valence-electron chi connectivity index (χ0n) is 9.10. The summed E-state index contributed by atoms with van der Waals surface area (Å²) in [5, 5.41) is 0. The Kier molecular flexibility index (Phi) is 3.37. The summed E-state index contributed by atoms with van der Waals surface area (Å²) in [5.41, 5.74) is 10.0. The van der Waals surface area contributed by atoms with Crippen molar-refractivity contribution in [2.45, 2.75) is 0 Å². The van der Waals surface area contributed by atoms with E-state index in [1.807, 2.05) is 36.6 Å². The Morgan fingerprint density at radius 1 is 1.00 bits per heavy atom. The SMILES string of the molecule is CSNc1ccc(-c2ccccc2)cc1N. The molecule has 0 aliphatic carbocycles. The van der Waals surface area contributed by atoms with Crippen molar-refractivity contribution in [2.75, 3.05) is 16.7 Å². The molecule has 2 nitrogen and oxygen atoms in total. The fourth-order valence-electron chi connectivity index (χ4n) is 1.58. The van der Waals surface area contributed by atoms with E-state index < -0.39 is 0 Å². The zero-order valence-corrected chi connectivity index (χ0v) is 9.92. The maximum atomic E-state index is 5.97. The van der Waals surface area contributed by atoms with Crippen molar-refractivity contribution in [1.82, 2.24) is 0 Å². The van der Waals surface area contributed by atoms with E-state index >= 15 is 0 Å². The van der Waals surface area contributed by atoms with Crippen LogP contribution in [0.15, 0.2) is 48.5 Å². The molecule has 0 heterocycles. The Labute approximate surface area is 100 Å². The van der Waals surface area contributed by atoms with Crippen LogP contribution in [0.1, 0.15) is 0 Å². The summed E-state index contributed by atoms with van der Waals surface area (Å²) in [7, 11) is 0. The lowest BCUT2D eigenvalue weighted by molar-refractivity contribution is 1.60. The van der Waals surface area contributed by atoms with Crippen LogP contribution < -0.4 is 10.5 Å². The van der Waals surface area contributed by atoms with Gasteiger partial charge in [-0.2, -0.15) is 0 Å². The lowest BCUT2D eigenvalue weighted by Gasteiger charge is -2.08. The largest absolute Gasteiger partial charge is 0.397 e. The molecule has 0 spiro atoms. The maximum absolute atomic E-state index is 5.97. The van der Waals surface area contributed by atoms with E-state index in [1.165, 1.54) is 5.56 Å². The fourth-order valence-corrected chi connectivity index (χ4v) is 1.98. The number of anilines is 2. The van der Waals surface area contributed by atoms with Gasteiger partial charge in [0.1, 0.15) is 0 Å². The molecule has 0 amide bonds. The van der Waals surface area contributed by atoms with E-state index in [-0.39, 0.29) is 0 Å². The second-order valence-corrected chi connectivity index (χ2v) is 4.09. The minimum absolute atomic E-state index is 0.774. The normalized spacial score (nSPS) is 10.1. The number of rotatable bonds is 3. The van der Waals surface area contributed by atoms with Crippen LogP contribution in [0, 0.1) is 0 Å². The maximum Gasteiger partial charge on any atom is 0.0673 e. The molecule has 0 radical (unpaired) electrons. The average molecular weight is 230 g/mol. The molecular formula is C13H14N2S. The quantitative estimate of drug-likeness (QED) is 0.624. The van der Waals surface area contributed by atoms with Crippen molar-refractivity contribution in [1.29, 1.82) is 0 Å². The molecule has 0 fully saturated rings. The number of hydrogen-bond donors (Lipinski definition) is 2. The minimum Gasteiger partial charge on any atom is -0.397 e. The van der Waals surface area contributed by atoms with Crippen molar-refractivity contribution in [3.8, 4) is 11.1 Å². The minimum atomic E-state index is 0.774. The highest BCUT2D eigenvalue weighted by Gasteiger charge is 2.01. The highest BCUT2D eigenvalue weighted by atomic mass is 32.2. The topological polar surface area (TPSA) is 38.0 Å². The van der Waals surface area contributed by atoms with Crippen LogP contribution in [0.4, 0.5) is 11.4 Å². The Hall–Kier alpha value is -1.61. The molecule has 2 aromatic rings. The first-order valence-electron chi connectivity index (χ1n) is 5.05. The highest BCUT2D eigenvalue weighted by molar-refractivity contribution is 7.99. The van der Waals surface area contributed by atoms with Gasteiger partial charge in [-0.15, -0.1) is 0 Å². The Bertz CT molecular complexity index is 469. The molecule has 3 N–H and O–H groups in total. The first-order valence-corrected chi connectivity index (χ1v) is 6.27. The van der Waals surface area contributed by atoms with Gasteiger partial charge in [0.15, 0.2) is 0 Å². The van der Waals surface area contributed by atoms with Crippen molar-refractivity contribution in [3.63, 3.8) is 0 Å². The lowest BCUT2D eigenvalue weighted by atomic mass is 10.0. The first kappa shape index (κ1) is 10.9. The summed E-state index contributed by atoms with van der Waals surface area (Å²) in [6.07, 6.45) is 1.98. The highest BCUT2D eigenvalue weighted by Crippen LogP contribution is 2.27. The van der Waals surface area contributed by atoms with E-state index in [4.69, 9.17) is 5.73 Å². The van der Waals surface area contributed by atoms with Gasteiger partial charge < -0.3 is 10.5 Å². The third-order valence-corrected chi connectivity index (χ3v) is 2.79. The molecule has 0 atom stereocenters. The second kappa shape index (κ2) is 4.94. The van der Waals surface area contributed by atoms with E-state index in [1.54, 1.807) is 11.9 Å². The molecule has 0 saturated carbocycles. The number of nitrogen functional groups attached to an aromatic ring is 1. The molecule has 0 saturated heterocycles. The van der Waals surface area contributed by atoms with Crippen LogP contribution in [-0.2, 0) is 0 Å². The molecule has 0 aliphatic heterocycles. The number of nitrogens with two attached hydrogens (primary N) is 1. The van der Waals surface area contributed by atoms with Gasteiger partial charge in [-0.3, -0.25) is 0 Å². The van der Waals surface area contributed by atoms with E-state index in [0.717, 1.165) is 16.9 Å². The third-order valence-electron chi connectivity index (χ3n) is 2.37. The molecule has 2 aromatic carbocycles. The van der Waals surface area contributed by atoms with Crippen LogP contribution >= 0.6 is 11.9 Å². The Balaban J connectivity index is 2.35. The summed E-state index contributed by atoms with van der Waals surface area (Å²) in [4.78, 5) is 0. The van der Waals surface area contributed by atoms with Crippen LogP contribution in [0.2, 0.25) is 0 Å². The molecule has 16 heavy (non-hydrogen) atoms. The molecule has 2 rings (SSSR count). The Morgan fingerprint density at radius 3 is 2.38 bits per heavy atom. The van der Waals surface area contributed by atoms with Crippen molar-refractivity contribution < 1.29 is 0 Å². The fraction of sp³-hybridized carbons (Fsp3) is 0.0769. The lowest BCUT2D eigenvalue weighted by Crippen LogP contribution is -1.93. The predicted molar refractivity (Wildman–Crippen MR) is 73.4 cm³/mol. The van der Waals surface area contributed by atoms with E-state index in [2.05, 4.69) is 22.9 Å². The molecule has 0 bridgehead atoms. The van der Waals surface area contributed by atoms with Crippen LogP contribution in [0.25, 0.3) is 11.1 Å². The van der Waals surface area contributed by atoms with Crippen LogP contribution in [0.3, 0.4) is 0 Å². The van der Waals surface area contributed by atoms with Crippen LogP contribution in [0.5, 0.6) is 0 Å². The Morgan fingerprint density at radius 2 is 1.75 bits per heavy atom. The van der Waals surface area contributed by atoms with Crippen molar-refractivity contribution in [3.05, 3.63) is 48.5 Å². The summed E-state index contributed by atoms with van der Waals surface area (Å²) in [6.45, 7) is 0. The van der Waals surface area contributed by atoms with E-state index in [9.17, 15) is 0 Å². The number of nitrogens with one attached hydrogen (secondary N) is 1. The predicted octanol–water partition coefficient (Wildman–Crippen LogP) is 3.63. The summed E-state index contributed by atoms with van der Waals surface area (Å²) < 4.78 is 3.15. The van der Waals surface area contributed by atoms with Gasteiger partial charge in [-0.25, -0.2) is 0 Å². The smallest absolute Gasteiger partial charge is 0.0673 e. The molecule has 0 aliphatic rings. The average Bonchev–Trinajstić information content (AvgIpc) is 2.33. The molecule has 82 valence electrons. The van der Waals surface area contributed by atoms with Crippen molar-refractivity contribution >= 4 is 23.3 Å². The van der Waals surface area contributed by atoms with Gasteiger partial charge in [0, 0.05) is 6.26 Å². The van der Waals surface area contributed by atoms with Gasteiger partial charge in [0.2, 0.25) is 0 Å². The van der Waals surface area contributed by atoms with Gasteiger partial charge in [0.05, 0.1) is 11.4 Å². The standard InChI is InChI=1S/C13H14N2S/c1-16-15-13-8-7-11(9-12(13)14)10-5-3-2-4-6-10/h2-9,15H,14H2,1H3. The number of hydrogen-bond acceptors (Lipinski definition) is 3. The number of benzene rings is 2. The molecule has 0 unspecified atom stereocenters. The van der Waals surface area contributed by atoms with Crippen LogP contribution in [-0.4, -0.2) is 6.26 Å². The molecular weight excluding hydrogens is 216 g/mol. The molecule has 3 heteroatoms. The summed E-state index contributed by atoms with van der Waals surface area (Å²) in [6, 6.07) is 16.3. The van der Waals surface area contributed by atoms with Gasteiger partial charge in [0.25, 0.3) is 0 Å². The third kappa shape index (κ3) is 2.31. The molecule has 0 aromatic heterocycles.